The summed E-state index contributed by atoms with van der Waals surface area (Å²) in [7, 11) is 0. The molecule has 6 heteroatoms. The number of carbonyl (C=O) groups is 2. The van der Waals surface area contributed by atoms with Crippen LogP contribution in [-0.2, 0) is 4.79 Å². The van der Waals surface area contributed by atoms with Gasteiger partial charge in [0.05, 0.1) is 11.2 Å². The van der Waals surface area contributed by atoms with E-state index in [1.54, 1.807) is 0 Å². The third-order valence-corrected chi connectivity index (χ3v) is 5.88. The molecule has 6 nitrogen and oxygen atoms in total. The molecule has 2 saturated heterocycles. The number of piperidine rings is 1. The Morgan fingerprint density at radius 3 is 2.69 bits per heavy atom. The van der Waals surface area contributed by atoms with Gasteiger partial charge in [-0.25, -0.2) is 4.98 Å². The van der Waals surface area contributed by atoms with E-state index in [2.05, 4.69) is 4.98 Å². The van der Waals surface area contributed by atoms with Crippen LogP contribution in [-0.4, -0.2) is 56.2 Å². The highest BCUT2D eigenvalue weighted by Crippen LogP contribution is 2.40. The second-order valence-corrected chi connectivity index (χ2v) is 7.92. The fraction of sp³-hybridized carbons (Fsp3) is 0.550. The zero-order valence-electron chi connectivity index (χ0n) is 15.7. The lowest BCUT2D eigenvalue weighted by Gasteiger charge is -2.57. The van der Waals surface area contributed by atoms with Crippen molar-refractivity contribution < 1.29 is 9.59 Å². The minimum Gasteiger partial charge on any atom is -0.335 e. The SMILES string of the molecule is Cc1nc2ccccn2c1C(=O)N1CCCC2(CCN2C(=O)C(C)C)C1. The van der Waals surface area contributed by atoms with E-state index >= 15 is 0 Å². The van der Waals surface area contributed by atoms with E-state index in [1.165, 1.54) is 0 Å². The van der Waals surface area contributed by atoms with Crippen LogP contribution in [0.3, 0.4) is 0 Å². The monoisotopic (exact) mass is 354 g/mol. The molecule has 0 bridgehead atoms. The van der Waals surface area contributed by atoms with Crippen molar-refractivity contribution in [1.29, 1.82) is 0 Å². The Morgan fingerprint density at radius 2 is 2.00 bits per heavy atom. The summed E-state index contributed by atoms with van der Waals surface area (Å²) in [6.07, 6.45) is 4.80. The first-order chi connectivity index (χ1) is 12.4. The highest BCUT2D eigenvalue weighted by atomic mass is 16.2. The first-order valence-corrected chi connectivity index (χ1v) is 9.47. The van der Waals surface area contributed by atoms with E-state index in [9.17, 15) is 9.59 Å². The molecule has 0 aromatic carbocycles. The molecule has 2 aromatic heterocycles. The van der Waals surface area contributed by atoms with Crippen molar-refractivity contribution in [1.82, 2.24) is 19.2 Å². The minimum absolute atomic E-state index is 0.000676. The van der Waals surface area contributed by atoms with Gasteiger partial charge in [0.2, 0.25) is 5.91 Å². The van der Waals surface area contributed by atoms with Crippen molar-refractivity contribution in [3.63, 3.8) is 0 Å². The van der Waals surface area contributed by atoms with E-state index in [1.807, 2.05) is 59.4 Å². The molecular weight excluding hydrogens is 328 g/mol. The van der Waals surface area contributed by atoms with Crippen LogP contribution in [0, 0.1) is 12.8 Å². The average Bonchev–Trinajstić information content (AvgIpc) is 2.95. The highest BCUT2D eigenvalue weighted by molar-refractivity contribution is 5.95. The summed E-state index contributed by atoms with van der Waals surface area (Å²) in [5.41, 5.74) is 2.02. The zero-order valence-corrected chi connectivity index (χ0v) is 15.7. The summed E-state index contributed by atoms with van der Waals surface area (Å²) in [6, 6.07) is 5.75. The fourth-order valence-corrected chi connectivity index (χ4v) is 4.43. The molecule has 2 aliphatic rings. The zero-order chi connectivity index (χ0) is 18.5. The number of aromatic nitrogens is 2. The predicted molar refractivity (Wildman–Crippen MR) is 99.0 cm³/mol. The first-order valence-electron chi connectivity index (χ1n) is 9.47. The van der Waals surface area contributed by atoms with E-state index in [0.717, 1.165) is 43.7 Å². The van der Waals surface area contributed by atoms with E-state index in [4.69, 9.17) is 0 Å². The number of rotatable bonds is 2. The van der Waals surface area contributed by atoms with Gasteiger partial charge in [0, 0.05) is 31.7 Å². The van der Waals surface area contributed by atoms with Crippen LogP contribution in [0.1, 0.15) is 49.3 Å². The third kappa shape index (κ3) is 2.50. The van der Waals surface area contributed by atoms with Gasteiger partial charge in [-0.05, 0) is 38.3 Å². The summed E-state index contributed by atoms with van der Waals surface area (Å²) in [4.78, 5) is 34.3. The van der Waals surface area contributed by atoms with Crippen LogP contribution in [0.25, 0.3) is 5.65 Å². The summed E-state index contributed by atoms with van der Waals surface area (Å²) >= 11 is 0. The first kappa shape index (κ1) is 17.1. The number of hydrogen-bond acceptors (Lipinski definition) is 3. The van der Waals surface area contributed by atoms with Crippen molar-refractivity contribution in [2.45, 2.75) is 45.6 Å². The number of aryl methyl sites for hydroxylation is 1. The molecule has 0 N–H and O–H groups in total. The van der Waals surface area contributed by atoms with Crippen molar-refractivity contribution in [3.05, 3.63) is 35.8 Å². The molecule has 2 aliphatic heterocycles. The summed E-state index contributed by atoms with van der Waals surface area (Å²) in [6.45, 7) is 7.96. The largest absolute Gasteiger partial charge is 0.335 e. The van der Waals surface area contributed by atoms with E-state index in [0.29, 0.717) is 12.2 Å². The van der Waals surface area contributed by atoms with Crippen LogP contribution in [0.15, 0.2) is 24.4 Å². The Hall–Kier alpha value is -2.37. The number of imidazole rings is 1. The number of carbonyl (C=O) groups excluding carboxylic acids is 2. The molecule has 1 unspecified atom stereocenters. The standard InChI is InChI=1S/C20H26N4O2/c1-14(2)18(25)24-12-9-20(24)8-6-10-22(13-20)19(26)17-15(3)21-16-7-4-5-11-23(16)17/h4-5,7,11,14H,6,8-10,12-13H2,1-3H3. The fourth-order valence-electron chi connectivity index (χ4n) is 4.43. The maximum absolute atomic E-state index is 13.3. The molecule has 1 atom stereocenters. The molecule has 26 heavy (non-hydrogen) atoms. The van der Waals surface area contributed by atoms with Gasteiger partial charge in [0.25, 0.3) is 5.91 Å². The predicted octanol–water partition coefficient (Wildman–Crippen LogP) is 2.51. The summed E-state index contributed by atoms with van der Waals surface area (Å²) in [5.74, 6) is 0.222. The number of fused-ring (bicyclic) bond motifs is 1. The smallest absolute Gasteiger partial charge is 0.272 e. The van der Waals surface area contributed by atoms with Crippen LogP contribution in [0.2, 0.25) is 0 Å². The van der Waals surface area contributed by atoms with Gasteiger partial charge in [-0.3, -0.25) is 14.0 Å². The Bertz CT molecular complexity index is 872. The molecule has 1 spiro atoms. The van der Waals surface area contributed by atoms with Crippen LogP contribution in [0.4, 0.5) is 0 Å². The molecule has 2 aromatic rings. The number of likely N-dealkylation sites (tertiary alicyclic amines) is 2. The topological polar surface area (TPSA) is 57.9 Å². The second kappa shape index (κ2) is 6.11. The Labute approximate surface area is 153 Å². The molecule has 0 saturated carbocycles. The Morgan fingerprint density at radius 1 is 1.19 bits per heavy atom. The number of nitrogens with zero attached hydrogens (tertiary/aromatic N) is 4. The van der Waals surface area contributed by atoms with Gasteiger partial charge < -0.3 is 9.80 Å². The highest BCUT2D eigenvalue weighted by Gasteiger charge is 2.50. The maximum atomic E-state index is 13.3. The number of hydrogen-bond donors (Lipinski definition) is 0. The minimum atomic E-state index is -0.163. The van der Waals surface area contributed by atoms with Crippen LogP contribution in [0.5, 0.6) is 0 Å². The van der Waals surface area contributed by atoms with Crippen molar-refractivity contribution in [2.75, 3.05) is 19.6 Å². The molecule has 2 fully saturated rings. The lowest BCUT2D eigenvalue weighted by molar-refractivity contribution is -0.155. The molecule has 2 amide bonds. The van der Waals surface area contributed by atoms with Crippen LogP contribution < -0.4 is 0 Å². The molecule has 0 radical (unpaired) electrons. The van der Waals surface area contributed by atoms with Gasteiger partial charge in [-0.2, -0.15) is 0 Å². The summed E-state index contributed by atoms with van der Waals surface area (Å²) < 4.78 is 1.87. The molecule has 4 rings (SSSR count). The Balaban J connectivity index is 1.61. The van der Waals surface area contributed by atoms with Gasteiger partial charge >= 0.3 is 0 Å². The molecule has 0 aliphatic carbocycles. The Kier molecular flexibility index (Phi) is 4.01. The van der Waals surface area contributed by atoms with Crippen molar-refractivity contribution in [3.8, 4) is 0 Å². The molecular formula is C20H26N4O2. The van der Waals surface area contributed by atoms with Gasteiger partial charge in [0.15, 0.2) is 0 Å². The number of pyridine rings is 1. The quantitative estimate of drug-likeness (QED) is 0.833. The third-order valence-electron chi connectivity index (χ3n) is 5.88. The molecule has 138 valence electrons. The average molecular weight is 354 g/mol. The maximum Gasteiger partial charge on any atom is 0.272 e. The van der Waals surface area contributed by atoms with Crippen molar-refractivity contribution in [2.24, 2.45) is 5.92 Å². The summed E-state index contributed by atoms with van der Waals surface area (Å²) in [5, 5.41) is 0. The van der Waals surface area contributed by atoms with Crippen LogP contribution >= 0.6 is 0 Å². The van der Waals surface area contributed by atoms with Gasteiger partial charge in [-0.15, -0.1) is 0 Å². The van der Waals surface area contributed by atoms with Crippen molar-refractivity contribution >= 4 is 17.5 Å². The second-order valence-electron chi connectivity index (χ2n) is 7.92. The number of amides is 2. The van der Waals surface area contributed by atoms with Gasteiger partial charge in [-0.1, -0.05) is 19.9 Å². The van der Waals surface area contributed by atoms with E-state index < -0.39 is 0 Å². The normalized spacial score (nSPS) is 22.9. The molecule has 4 heterocycles. The van der Waals surface area contributed by atoms with Gasteiger partial charge in [0.1, 0.15) is 11.3 Å². The lowest BCUT2D eigenvalue weighted by Crippen LogP contribution is -2.69. The van der Waals surface area contributed by atoms with E-state index in [-0.39, 0.29) is 23.3 Å². The lowest BCUT2D eigenvalue weighted by atomic mass is 9.77.